The summed E-state index contributed by atoms with van der Waals surface area (Å²) in [7, 11) is 0. The van der Waals surface area contributed by atoms with Crippen LogP contribution < -0.4 is 5.32 Å². The molecule has 0 spiro atoms. The number of aliphatic carboxylic acids is 1. The topological polar surface area (TPSA) is 62.2 Å². The number of alkyl halides is 3. The Labute approximate surface area is 93.1 Å². The summed E-state index contributed by atoms with van der Waals surface area (Å²) < 4.78 is 37.6. The van der Waals surface area contributed by atoms with Gasteiger partial charge in [0, 0.05) is 17.6 Å². The first-order valence-corrected chi connectivity index (χ1v) is 5.08. The Balaban J connectivity index is 2.77. The van der Waals surface area contributed by atoms with Gasteiger partial charge in [-0.25, -0.2) is 4.79 Å². The highest BCUT2D eigenvalue weighted by atomic mass is 32.1. The number of nitrogens with zero attached hydrogens (tertiary/aromatic N) is 1. The highest BCUT2D eigenvalue weighted by Crippen LogP contribution is 2.30. The Morgan fingerprint density at radius 3 is 2.62 bits per heavy atom. The molecule has 0 aliphatic heterocycles. The minimum absolute atomic E-state index is 0.188. The minimum Gasteiger partial charge on any atom is -0.480 e. The summed E-state index contributed by atoms with van der Waals surface area (Å²) in [6.45, 7) is 0.406. The van der Waals surface area contributed by atoms with E-state index in [1.54, 1.807) is 0 Å². The number of halogens is 3. The molecule has 1 rings (SSSR count). The maximum atomic E-state index is 12.5. The van der Waals surface area contributed by atoms with Crippen LogP contribution in [-0.4, -0.2) is 27.8 Å². The van der Waals surface area contributed by atoms with Crippen LogP contribution >= 0.6 is 11.3 Å². The molecule has 0 radical (unpaired) electrons. The van der Waals surface area contributed by atoms with Gasteiger partial charge < -0.3 is 5.11 Å². The average molecular weight is 254 g/mol. The lowest BCUT2D eigenvalue weighted by Crippen LogP contribution is -2.59. The minimum atomic E-state index is -4.86. The number of thiazole rings is 1. The molecule has 0 bridgehead atoms. The zero-order chi connectivity index (χ0) is 12.4. The third kappa shape index (κ3) is 2.50. The van der Waals surface area contributed by atoms with Crippen LogP contribution in [-0.2, 0) is 11.3 Å². The quantitative estimate of drug-likeness (QED) is 0.857. The van der Waals surface area contributed by atoms with E-state index in [0.29, 0.717) is 11.8 Å². The van der Waals surface area contributed by atoms with E-state index in [4.69, 9.17) is 5.11 Å². The second kappa shape index (κ2) is 4.38. The molecule has 0 aliphatic carbocycles. The van der Waals surface area contributed by atoms with E-state index in [2.05, 4.69) is 4.98 Å². The molecule has 0 saturated carbocycles. The van der Waals surface area contributed by atoms with Crippen molar-refractivity contribution in [1.82, 2.24) is 10.3 Å². The predicted octanol–water partition coefficient (Wildman–Crippen LogP) is 1.64. The number of carbonyl (C=O) groups is 1. The van der Waals surface area contributed by atoms with Crippen molar-refractivity contribution in [3.05, 3.63) is 16.6 Å². The number of hydrogen-bond acceptors (Lipinski definition) is 4. The Bertz CT molecular complexity index is 366. The van der Waals surface area contributed by atoms with Gasteiger partial charge in [-0.05, 0) is 6.92 Å². The number of carboxylic acid groups (broad SMARTS) is 1. The van der Waals surface area contributed by atoms with Crippen LogP contribution in [0.1, 0.15) is 11.8 Å². The number of rotatable bonds is 4. The van der Waals surface area contributed by atoms with E-state index in [9.17, 15) is 18.0 Å². The van der Waals surface area contributed by atoms with Gasteiger partial charge in [0.1, 0.15) is 0 Å². The molecule has 0 aromatic carbocycles. The van der Waals surface area contributed by atoms with Gasteiger partial charge in [0.25, 0.3) is 0 Å². The molecular formula is C8H9F3N2O2S. The molecule has 1 heterocycles. The largest absolute Gasteiger partial charge is 0.480 e. The van der Waals surface area contributed by atoms with Gasteiger partial charge in [0.15, 0.2) is 0 Å². The summed E-state index contributed by atoms with van der Waals surface area (Å²) in [6.07, 6.45) is -3.47. The van der Waals surface area contributed by atoms with Crippen LogP contribution in [0.5, 0.6) is 0 Å². The lowest BCUT2D eigenvalue weighted by Gasteiger charge is -2.28. The first-order chi connectivity index (χ1) is 7.27. The summed E-state index contributed by atoms with van der Waals surface area (Å²) in [6, 6.07) is 0. The van der Waals surface area contributed by atoms with Crippen LogP contribution in [0.4, 0.5) is 13.2 Å². The van der Waals surface area contributed by atoms with Gasteiger partial charge in [-0.1, -0.05) is 0 Å². The van der Waals surface area contributed by atoms with E-state index in [1.165, 1.54) is 11.7 Å². The fourth-order valence-electron chi connectivity index (χ4n) is 0.890. The molecule has 0 aliphatic rings. The highest BCUT2D eigenvalue weighted by molar-refractivity contribution is 7.09. The normalized spacial score (nSPS) is 15.8. The van der Waals surface area contributed by atoms with Crippen molar-refractivity contribution in [2.75, 3.05) is 0 Å². The molecule has 1 unspecified atom stereocenters. The van der Waals surface area contributed by atoms with Gasteiger partial charge in [-0.3, -0.25) is 10.3 Å². The van der Waals surface area contributed by atoms with Gasteiger partial charge >= 0.3 is 12.1 Å². The molecule has 1 atom stereocenters. The van der Waals surface area contributed by atoms with Crippen LogP contribution in [0.3, 0.4) is 0 Å². The van der Waals surface area contributed by atoms with Gasteiger partial charge in [0.05, 0.1) is 5.51 Å². The van der Waals surface area contributed by atoms with Crippen LogP contribution in [0.25, 0.3) is 0 Å². The van der Waals surface area contributed by atoms with Crippen LogP contribution in [0.2, 0.25) is 0 Å². The number of carboxylic acids is 1. The molecule has 1 aromatic heterocycles. The molecule has 0 saturated heterocycles. The zero-order valence-electron chi connectivity index (χ0n) is 8.21. The second-order valence-corrected chi connectivity index (χ2v) is 4.22. The Morgan fingerprint density at radius 2 is 2.25 bits per heavy atom. The highest BCUT2D eigenvalue weighted by Gasteiger charge is 2.57. The Kier molecular flexibility index (Phi) is 3.54. The zero-order valence-corrected chi connectivity index (χ0v) is 9.02. The fourth-order valence-corrected chi connectivity index (χ4v) is 1.42. The molecule has 4 nitrogen and oxygen atoms in total. The molecule has 2 N–H and O–H groups in total. The monoisotopic (exact) mass is 254 g/mol. The first-order valence-electron chi connectivity index (χ1n) is 4.20. The molecule has 0 fully saturated rings. The number of nitrogens with one attached hydrogen (secondary N) is 1. The van der Waals surface area contributed by atoms with E-state index in [1.807, 2.05) is 5.32 Å². The van der Waals surface area contributed by atoms with E-state index in [-0.39, 0.29) is 6.54 Å². The van der Waals surface area contributed by atoms with Crippen molar-refractivity contribution >= 4 is 17.3 Å². The van der Waals surface area contributed by atoms with Crippen molar-refractivity contribution in [2.45, 2.75) is 25.2 Å². The lowest BCUT2D eigenvalue weighted by atomic mass is 10.0. The average Bonchev–Trinajstić information content (AvgIpc) is 2.64. The van der Waals surface area contributed by atoms with Crippen LogP contribution in [0.15, 0.2) is 11.7 Å². The van der Waals surface area contributed by atoms with Crippen molar-refractivity contribution in [3.63, 3.8) is 0 Å². The molecule has 16 heavy (non-hydrogen) atoms. The van der Waals surface area contributed by atoms with E-state index in [0.717, 1.165) is 11.3 Å². The summed E-state index contributed by atoms with van der Waals surface area (Å²) in [5.41, 5.74) is -1.49. The van der Waals surface area contributed by atoms with Crippen molar-refractivity contribution in [3.8, 4) is 0 Å². The Morgan fingerprint density at radius 1 is 1.62 bits per heavy atom. The van der Waals surface area contributed by atoms with Crippen molar-refractivity contribution < 1.29 is 23.1 Å². The maximum Gasteiger partial charge on any atom is 0.417 e. The van der Waals surface area contributed by atoms with Crippen molar-refractivity contribution in [1.29, 1.82) is 0 Å². The van der Waals surface area contributed by atoms with E-state index >= 15 is 0 Å². The lowest BCUT2D eigenvalue weighted by molar-refractivity contribution is -0.206. The van der Waals surface area contributed by atoms with Gasteiger partial charge in [0.2, 0.25) is 5.54 Å². The fraction of sp³-hybridized carbons (Fsp3) is 0.500. The predicted molar refractivity (Wildman–Crippen MR) is 51.0 cm³/mol. The number of aromatic nitrogens is 1. The Hall–Kier alpha value is -1.15. The summed E-state index contributed by atoms with van der Waals surface area (Å²) in [5.74, 6) is -1.95. The third-order valence-electron chi connectivity index (χ3n) is 2.09. The van der Waals surface area contributed by atoms with Gasteiger partial charge in [-0.15, -0.1) is 11.3 Å². The maximum absolute atomic E-state index is 12.5. The smallest absolute Gasteiger partial charge is 0.417 e. The molecule has 0 amide bonds. The second-order valence-electron chi connectivity index (χ2n) is 3.25. The molecular weight excluding hydrogens is 245 g/mol. The first kappa shape index (κ1) is 12.9. The van der Waals surface area contributed by atoms with E-state index < -0.39 is 17.7 Å². The summed E-state index contributed by atoms with van der Waals surface area (Å²) >= 11 is 1.15. The molecule has 8 heteroatoms. The summed E-state index contributed by atoms with van der Waals surface area (Å²) in [5, 5.41) is 10.6. The number of hydrogen-bond donors (Lipinski definition) is 2. The van der Waals surface area contributed by atoms with Gasteiger partial charge in [-0.2, -0.15) is 13.2 Å². The summed E-state index contributed by atoms with van der Waals surface area (Å²) in [4.78, 5) is 14.9. The standard InChI is InChI=1S/C8H9F3N2O2S/c1-7(6(14)15,8(9,10)11)13-3-5-2-12-4-16-5/h2,4,13H,3H2,1H3,(H,14,15). The SMILES string of the molecule is CC(NCc1cncs1)(C(=O)O)C(F)(F)F. The van der Waals surface area contributed by atoms with Crippen molar-refractivity contribution in [2.24, 2.45) is 0 Å². The third-order valence-corrected chi connectivity index (χ3v) is 2.87. The molecule has 90 valence electrons. The molecule has 1 aromatic rings. The van der Waals surface area contributed by atoms with Crippen LogP contribution in [0, 0.1) is 0 Å².